The van der Waals surface area contributed by atoms with Crippen LogP contribution in [0.25, 0.3) is 5.69 Å². The molecule has 192 valence electrons. The number of fused-ring (bicyclic) bond motifs is 1. The molecule has 0 unspecified atom stereocenters. The summed E-state index contributed by atoms with van der Waals surface area (Å²) >= 11 is 0. The van der Waals surface area contributed by atoms with E-state index < -0.39 is 17.2 Å². The van der Waals surface area contributed by atoms with Crippen molar-refractivity contribution in [1.29, 1.82) is 0 Å². The Labute approximate surface area is 207 Å². The van der Waals surface area contributed by atoms with Gasteiger partial charge in [-0.15, -0.1) is 0 Å². The number of nitrogens with two attached hydrogens (primary N) is 1. The molecule has 3 N–H and O–H groups in total. The average Bonchev–Trinajstić information content (AvgIpc) is 3.23. The van der Waals surface area contributed by atoms with Gasteiger partial charge in [-0.1, -0.05) is 13.8 Å². The topological polar surface area (TPSA) is 128 Å². The van der Waals surface area contributed by atoms with Gasteiger partial charge in [-0.2, -0.15) is 5.10 Å². The number of hydrogen-bond donors (Lipinski definition) is 2. The van der Waals surface area contributed by atoms with Crippen molar-refractivity contribution in [3.8, 4) is 5.69 Å². The number of benzene rings is 1. The van der Waals surface area contributed by atoms with Crippen molar-refractivity contribution in [1.82, 2.24) is 19.3 Å². The molecule has 0 aliphatic heterocycles. The second-order valence-electron chi connectivity index (χ2n) is 9.32. The molecule has 0 saturated heterocycles. The van der Waals surface area contributed by atoms with Gasteiger partial charge in [0.2, 0.25) is 0 Å². The molecule has 0 radical (unpaired) electrons. The molecule has 2 aromatic heterocycles. The van der Waals surface area contributed by atoms with Gasteiger partial charge in [0.15, 0.2) is 11.4 Å². The number of nitrogens with zero attached hydrogens (tertiary/aromatic N) is 4. The van der Waals surface area contributed by atoms with Gasteiger partial charge in [0, 0.05) is 31.5 Å². The fraction of sp³-hybridized carbons (Fsp3) is 0.440. The normalized spacial score (nSPS) is 13.1. The van der Waals surface area contributed by atoms with E-state index in [1.807, 2.05) is 13.8 Å². The number of H-pyrrole nitrogens is 1. The molecule has 0 saturated carbocycles. The highest BCUT2D eigenvalue weighted by atomic mass is 19.1. The first kappa shape index (κ1) is 25.4. The third-order valence-corrected chi connectivity index (χ3v) is 6.25. The number of rotatable bonds is 8. The van der Waals surface area contributed by atoms with Crippen LogP contribution in [-0.4, -0.2) is 45.5 Å². The zero-order valence-corrected chi connectivity index (χ0v) is 20.7. The predicted octanol–water partition coefficient (Wildman–Crippen LogP) is 2.27. The number of hydrogen-bond acceptors (Lipinski definition) is 6. The third kappa shape index (κ3) is 4.83. The molecule has 0 spiro atoms. The van der Waals surface area contributed by atoms with Gasteiger partial charge in [0.05, 0.1) is 12.3 Å². The molecule has 10 nitrogen and oxygen atoms in total. The Morgan fingerprint density at radius 3 is 2.58 bits per heavy atom. The van der Waals surface area contributed by atoms with Crippen molar-refractivity contribution in [2.45, 2.75) is 46.1 Å². The van der Waals surface area contributed by atoms with Crippen molar-refractivity contribution in [2.24, 2.45) is 5.92 Å². The van der Waals surface area contributed by atoms with Gasteiger partial charge in [0.1, 0.15) is 11.6 Å². The zero-order chi connectivity index (χ0) is 26.0. The SMILES string of the molecule is COCCN(C(=O)c1nn(-c2ccc(F)cc2)c2c1CCCC2)c1c(N)n(CC(C)C)c(=O)[nH]c1=O. The Hall–Kier alpha value is -3.73. The quantitative estimate of drug-likeness (QED) is 0.490. The number of carbonyl (C=O) groups excluding carboxylic acids is 1. The fourth-order valence-electron chi connectivity index (χ4n) is 4.58. The Morgan fingerprint density at radius 1 is 1.22 bits per heavy atom. The standard InChI is InChI=1S/C25H31FN6O4/c1-15(2)14-31-22(27)21(23(33)28-25(31)35)30(12-13-36-3)24(34)20-18-6-4-5-7-19(18)32(29-20)17-10-8-16(26)9-11-17/h8-11,15H,4-7,12-14,27H2,1-3H3,(H,28,33,35). The maximum absolute atomic E-state index is 14.0. The number of amides is 1. The first-order chi connectivity index (χ1) is 17.2. The minimum atomic E-state index is -0.756. The molecule has 1 aliphatic carbocycles. The number of nitrogens with one attached hydrogen (secondary N) is 1. The van der Waals surface area contributed by atoms with E-state index in [-0.39, 0.29) is 48.6 Å². The lowest BCUT2D eigenvalue weighted by atomic mass is 9.95. The summed E-state index contributed by atoms with van der Waals surface area (Å²) in [6.07, 6.45) is 3.19. The highest BCUT2D eigenvalue weighted by molar-refractivity contribution is 6.07. The summed E-state index contributed by atoms with van der Waals surface area (Å²) in [4.78, 5) is 42.9. The lowest BCUT2D eigenvalue weighted by Gasteiger charge is -2.24. The van der Waals surface area contributed by atoms with E-state index in [9.17, 15) is 18.8 Å². The maximum Gasteiger partial charge on any atom is 0.330 e. The van der Waals surface area contributed by atoms with Crippen LogP contribution in [-0.2, 0) is 24.1 Å². The molecule has 1 aliphatic rings. The van der Waals surface area contributed by atoms with Crippen molar-refractivity contribution >= 4 is 17.4 Å². The van der Waals surface area contributed by atoms with Crippen LogP contribution in [0.5, 0.6) is 0 Å². The number of ether oxygens (including phenoxy) is 1. The Bertz CT molecular complexity index is 1370. The Morgan fingerprint density at radius 2 is 1.92 bits per heavy atom. The van der Waals surface area contributed by atoms with Gasteiger partial charge < -0.3 is 10.5 Å². The van der Waals surface area contributed by atoms with Gasteiger partial charge in [-0.3, -0.25) is 24.0 Å². The van der Waals surface area contributed by atoms with E-state index in [0.717, 1.165) is 24.1 Å². The van der Waals surface area contributed by atoms with E-state index in [4.69, 9.17) is 10.5 Å². The van der Waals surface area contributed by atoms with E-state index in [1.165, 1.54) is 28.7 Å². The van der Waals surface area contributed by atoms with Crippen molar-refractivity contribution < 1.29 is 13.9 Å². The van der Waals surface area contributed by atoms with Crippen LogP contribution in [0.3, 0.4) is 0 Å². The van der Waals surface area contributed by atoms with Crippen LogP contribution >= 0.6 is 0 Å². The molecule has 4 rings (SSSR count). The number of methoxy groups -OCH3 is 1. The average molecular weight is 499 g/mol. The third-order valence-electron chi connectivity index (χ3n) is 6.25. The summed E-state index contributed by atoms with van der Waals surface area (Å²) in [5.41, 5.74) is 7.33. The van der Waals surface area contributed by atoms with Crippen molar-refractivity contribution in [3.63, 3.8) is 0 Å². The molecular formula is C25H31FN6O4. The highest BCUT2D eigenvalue weighted by Crippen LogP contribution is 2.29. The van der Waals surface area contributed by atoms with E-state index in [0.29, 0.717) is 18.5 Å². The molecule has 1 amide bonds. The molecule has 0 atom stereocenters. The zero-order valence-electron chi connectivity index (χ0n) is 20.7. The first-order valence-corrected chi connectivity index (χ1v) is 12.0. The van der Waals surface area contributed by atoms with Crippen LogP contribution in [0.2, 0.25) is 0 Å². The van der Waals surface area contributed by atoms with Gasteiger partial charge in [0.25, 0.3) is 11.5 Å². The number of nitrogen functional groups attached to an aromatic ring is 1. The van der Waals surface area contributed by atoms with Gasteiger partial charge >= 0.3 is 5.69 Å². The maximum atomic E-state index is 14.0. The monoisotopic (exact) mass is 498 g/mol. The predicted molar refractivity (Wildman–Crippen MR) is 134 cm³/mol. The molecule has 36 heavy (non-hydrogen) atoms. The second kappa shape index (κ2) is 10.5. The lowest BCUT2D eigenvalue weighted by molar-refractivity contribution is 0.0969. The second-order valence-corrected chi connectivity index (χ2v) is 9.32. The summed E-state index contributed by atoms with van der Waals surface area (Å²) in [6.45, 7) is 4.27. The number of aromatic amines is 1. The molecule has 2 heterocycles. The van der Waals surface area contributed by atoms with Gasteiger partial charge in [-0.25, -0.2) is 13.9 Å². The fourth-order valence-corrected chi connectivity index (χ4v) is 4.58. The summed E-state index contributed by atoms with van der Waals surface area (Å²) in [5, 5.41) is 4.63. The summed E-state index contributed by atoms with van der Waals surface area (Å²) in [6, 6.07) is 5.91. The summed E-state index contributed by atoms with van der Waals surface area (Å²) in [5.74, 6) is -0.898. The van der Waals surface area contributed by atoms with Crippen molar-refractivity contribution in [2.75, 3.05) is 30.9 Å². The van der Waals surface area contributed by atoms with Crippen LogP contribution in [0.4, 0.5) is 15.9 Å². The van der Waals surface area contributed by atoms with E-state index in [1.54, 1.807) is 16.8 Å². The molecule has 0 bridgehead atoms. The lowest BCUT2D eigenvalue weighted by Crippen LogP contribution is -2.43. The number of aromatic nitrogens is 4. The number of anilines is 2. The van der Waals surface area contributed by atoms with Crippen LogP contribution in [0.15, 0.2) is 33.9 Å². The smallest absolute Gasteiger partial charge is 0.330 e. The number of carbonyl (C=O) groups is 1. The minimum absolute atomic E-state index is 0.0284. The van der Waals surface area contributed by atoms with Crippen LogP contribution in [0.1, 0.15) is 48.4 Å². The van der Waals surface area contributed by atoms with Crippen LogP contribution < -0.4 is 21.9 Å². The molecule has 11 heteroatoms. The molecule has 1 aromatic carbocycles. The van der Waals surface area contributed by atoms with E-state index in [2.05, 4.69) is 10.1 Å². The van der Waals surface area contributed by atoms with Gasteiger partial charge in [-0.05, 0) is 55.9 Å². The largest absolute Gasteiger partial charge is 0.383 e. The summed E-state index contributed by atoms with van der Waals surface area (Å²) < 4.78 is 21.7. The Kier molecular flexibility index (Phi) is 7.39. The minimum Gasteiger partial charge on any atom is -0.383 e. The first-order valence-electron chi connectivity index (χ1n) is 12.0. The van der Waals surface area contributed by atoms with E-state index >= 15 is 0 Å². The molecule has 3 aromatic rings. The highest BCUT2D eigenvalue weighted by Gasteiger charge is 2.32. The Balaban J connectivity index is 1.86. The number of halogens is 1. The van der Waals surface area contributed by atoms with Crippen molar-refractivity contribution in [3.05, 3.63) is 67.9 Å². The summed E-state index contributed by atoms with van der Waals surface area (Å²) in [7, 11) is 1.49. The van der Waals surface area contributed by atoms with Crippen LogP contribution in [0, 0.1) is 11.7 Å². The molecular weight excluding hydrogens is 467 g/mol. The molecule has 0 fully saturated rings.